The van der Waals surface area contributed by atoms with Crippen LogP contribution in [0.4, 0.5) is 4.79 Å². The molecule has 1 N–H and O–H groups in total. The smallest absolute Gasteiger partial charge is 0.317 e. The van der Waals surface area contributed by atoms with Crippen molar-refractivity contribution in [1.29, 1.82) is 0 Å². The first-order chi connectivity index (χ1) is 14.9. The zero-order valence-electron chi connectivity index (χ0n) is 18.4. The van der Waals surface area contributed by atoms with Gasteiger partial charge in [-0.1, -0.05) is 19.3 Å². The Balaban J connectivity index is 1.28. The zero-order chi connectivity index (χ0) is 22.0. The third-order valence-corrected chi connectivity index (χ3v) is 7.69. The zero-order valence-corrected chi connectivity index (χ0v) is 19.2. The minimum absolute atomic E-state index is 0.00801. The summed E-state index contributed by atoms with van der Waals surface area (Å²) in [6, 6.07) is 0.284. The summed E-state index contributed by atoms with van der Waals surface area (Å²) < 4.78 is 1.53. The fourth-order valence-corrected chi connectivity index (χ4v) is 5.46. The maximum atomic E-state index is 12.8. The summed E-state index contributed by atoms with van der Waals surface area (Å²) in [6.07, 6.45) is 7.55. The Morgan fingerprint density at radius 1 is 1.10 bits per heavy atom. The average molecular weight is 446 g/mol. The van der Waals surface area contributed by atoms with E-state index in [0.717, 1.165) is 28.1 Å². The standard InChI is InChI=1S/C22H31N5O3S/c1-15-16(2)31-20-19(15)21(29)27(14-23-20)9-8-18(28)25-10-12-26(13-11-25)22(30)24-17-6-4-3-5-7-17/h14,17H,3-13H2,1-2H3,(H,24,30). The third kappa shape index (κ3) is 4.76. The molecule has 1 saturated heterocycles. The van der Waals surface area contributed by atoms with Crippen LogP contribution in [-0.4, -0.2) is 63.5 Å². The minimum atomic E-state index is -0.0798. The molecule has 31 heavy (non-hydrogen) atoms. The van der Waals surface area contributed by atoms with Crippen LogP contribution in [0.2, 0.25) is 0 Å². The number of nitrogens with zero attached hydrogens (tertiary/aromatic N) is 4. The predicted octanol–water partition coefficient (Wildman–Crippen LogP) is 2.65. The van der Waals surface area contributed by atoms with Crippen LogP contribution in [-0.2, 0) is 11.3 Å². The number of urea groups is 1. The van der Waals surface area contributed by atoms with E-state index in [1.54, 1.807) is 11.2 Å². The van der Waals surface area contributed by atoms with Gasteiger partial charge in [-0.25, -0.2) is 9.78 Å². The molecule has 9 heteroatoms. The van der Waals surface area contributed by atoms with Crippen molar-refractivity contribution in [2.45, 2.75) is 65.0 Å². The van der Waals surface area contributed by atoms with Crippen LogP contribution in [0.5, 0.6) is 0 Å². The van der Waals surface area contributed by atoms with E-state index in [1.807, 2.05) is 18.7 Å². The summed E-state index contributed by atoms with van der Waals surface area (Å²) in [7, 11) is 0. The van der Waals surface area contributed by atoms with Gasteiger partial charge in [-0.3, -0.25) is 14.2 Å². The van der Waals surface area contributed by atoms with E-state index in [2.05, 4.69) is 10.3 Å². The maximum absolute atomic E-state index is 12.8. The van der Waals surface area contributed by atoms with Gasteiger partial charge in [0.2, 0.25) is 5.91 Å². The molecule has 3 amide bonds. The van der Waals surface area contributed by atoms with Crippen LogP contribution < -0.4 is 10.9 Å². The molecule has 0 aromatic carbocycles. The highest BCUT2D eigenvalue weighted by Crippen LogP contribution is 2.25. The van der Waals surface area contributed by atoms with Crippen molar-refractivity contribution in [3.63, 3.8) is 0 Å². The average Bonchev–Trinajstić information content (AvgIpc) is 3.08. The highest BCUT2D eigenvalue weighted by Gasteiger charge is 2.26. The molecule has 1 aliphatic heterocycles. The van der Waals surface area contributed by atoms with Crippen LogP contribution in [0, 0.1) is 13.8 Å². The predicted molar refractivity (Wildman–Crippen MR) is 122 cm³/mol. The van der Waals surface area contributed by atoms with Crippen molar-refractivity contribution in [3.05, 3.63) is 27.1 Å². The van der Waals surface area contributed by atoms with Gasteiger partial charge < -0.3 is 15.1 Å². The van der Waals surface area contributed by atoms with E-state index in [9.17, 15) is 14.4 Å². The molecule has 0 spiro atoms. The van der Waals surface area contributed by atoms with Gasteiger partial charge in [-0.05, 0) is 32.3 Å². The second-order valence-corrected chi connectivity index (χ2v) is 9.81. The van der Waals surface area contributed by atoms with Crippen molar-refractivity contribution in [2.75, 3.05) is 26.2 Å². The first-order valence-electron chi connectivity index (χ1n) is 11.2. The molecule has 168 valence electrons. The van der Waals surface area contributed by atoms with Gasteiger partial charge in [0.1, 0.15) is 4.83 Å². The van der Waals surface area contributed by atoms with E-state index in [0.29, 0.717) is 44.2 Å². The monoisotopic (exact) mass is 445 g/mol. The van der Waals surface area contributed by atoms with Crippen molar-refractivity contribution < 1.29 is 9.59 Å². The lowest BCUT2D eigenvalue weighted by atomic mass is 9.96. The fraction of sp³-hybridized carbons (Fsp3) is 0.636. The number of nitrogens with one attached hydrogen (secondary N) is 1. The second-order valence-electron chi connectivity index (χ2n) is 8.61. The van der Waals surface area contributed by atoms with Crippen molar-refractivity contribution in [1.82, 2.24) is 24.7 Å². The highest BCUT2D eigenvalue weighted by atomic mass is 32.1. The first-order valence-corrected chi connectivity index (χ1v) is 12.0. The summed E-state index contributed by atoms with van der Waals surface area (Å²) in [5.74, 6) is 0.0116. The Kier molecular flexibility index (Phi) is 6.60. The van der Waals surface area contributed by atoms with Gasteiger partial charge in [-0.15, -0.1) is 11.3 Å². The quantitative estimate of drug-likeness (QED) is 0.784. The van der Waals surface area contributed by atoms with Crippen LogP contribution in [0.15, 0.2) is 11.1 Å². The normalized spacial score (nSPS) is 17.9. The van der Waals surface area contributed by atoms with E-state index < -0.39 is 0 Å². The molecule has 3 heterocycles. The number of aromatic nitrogens is 2. The molecular formula is C22H31N5O3S. The van der Waals surface area contributed by atoms with Gasteiger partial charge in [0.05, 0.1) is 11.7 Å². The number of fused-ring (bicyclic) bond motifs is 1. The highest BCUT2D eigenvalue weighted by molar-refractivity contribution is 7.18. The Labute approximate surface area is 186 Å². The van der Waals surface area contributed by atoms with Gasteiger partial charge in [-0.2, -0.15) is 0 Å². The number of amides is 3. The van der Waals surface area contributed by atoms with Crippen LogP contribution in [0.1, 0.15) is 49.0 Å². The lowest BCUT2D eigenvalue weighted by molar-refractivity contribution is -0.132. The third-order valence-electron chi connectivity index (χ3n) is 6.57. The van der Waals surface area contributed by atoms with Crippen LogP contribution in [0.25, 0.3) is 10.2 Å². The molecule has 0 bridgehead atoms. The number of thiophene rings is 1. The van der Waals surface area contributed by atoms with E-state index in [-0.39, 0.29) is 23.9 Å². The number of hydrogen-bond donors (Lipinski definition) is 1. The largest absolute Gasteiger partial charge is 0.339 e. The first kappa shape index (κ1) is 21.8. The topological polar surface area (TPSA) is 87.5 Å². The number of hydrogen-bond acceptors (Lipinski definition) is 5. The van der Waals surface area contributed by atoms with Crippen LogP contribution in [0.3, 0.4) is 0 Å². The number of piperazine rings is 1. The molecule has 1 saturated carbocycles. The summed E-state index contributed by atoms with van der Waals surface area (Å²) >= 11 is 1.53. The fourth-order valence-electron chi connectivity index (χ4n) is 4.48. The maximum Gasteiger partial charge on any atom is 0.317 e. The van der Waals surface area contributed by atoms with Gasteiger partial charge in [0, 0.05) is 50.1 Å². The SMILES string of the molecule is Cc1sc2ncn(CCC(=O)N3CCN(C(=O)NC4CCCCC4)CC3)c(=O)c2c1C. The summed E-state index contributed by atoms with van der Waals surface area (Å²) in [4.78, 5) is 47.8. The lowest BCUT2D eigenvalue weighted by Crippen LogP contribution is -2.54. The molecule has 8 nitrogen and oxygen atoms in total. The molecule has 4 rings (SSSR count). The van der Waals surface area contributed by atoms with Crippen LogP contribution >= 0.6 is 11.3 Å². The lowest BCUT2D eigenvalue weighted by Gasteiger charge is -2.36. The molecule has 2 fully saturated rings. The van der Waals surface area contributed by atoms with Gasteiger partial charge in [0.15, 0.2) is 0 Å². The van der Waals surface area contributed by atoms with Gasteiger partial charge in [0.25, 0.3) is 5.56 Å². The minimum Gasteiger partial charge on any atom is -0.339 e. The molecule has 2 aromatic heterocycles. The van der Waals surface area contributed by atoms with Gasteiger partial charge >= 0.3 is 6.03 Å². The summed E-state index contributed by atoms with van der Waals surface area (Å²) in [6.45, 7) is 6.41. The number of aryl methyl sites for hydroxylation is 3. The Hall–Kier alpha value is -2.42. The van der Waals surface area contributed by atoms with E-state index >= 15 is 0 Å². The Morgan fingerprint density at radius 2 is 1.77 bits per heavy atom. The Bertz CT molecular complexity index is 1020. The molecular weight excluding hydrogens is 414 g/mol. The van der Waals surface area contributed by atoms with Crippen molar-refractivity contribution >= 4 is 33.5 Å². The Morgan fingerprint density at radius 3 is 2.48 bits per heavy atom. The number of carbonyl (C=O) groups excluding carboxylic acids is 2. The second kappa shape index (κ2) is 9.38. The summed E-state index contributed by atoms with van der Waals surface area (Å²) in [5, 5.41) is 3.81. The number of rotatable bonds is 4. The molecule has 2 aliphatic rings. The van der Waals surface area contributed by atoms with E-state index in [1.165, 1.54) is 35.2 Å². The van der Waals surface area contributed by atoms with Crippen molar-refractivity contribution in [2.24, 2.45) is 0 Å². The summed E-state index contributed by atoms with van der Waals surface area (Å²) in [5.41, 5.74) is 0.893. The molecule has 2 aromatic rings. The molecule has 0 atom stereocenters. The van der Waals surface area contributed by atoms with Crippen molar-refractivity contribution in [3.8, 4) is 0 Å². The number of carbonyl (C=O) groups is 2. The van der Waals surface area contributed by atoms with E-state index in [4.69, 9.17) is 0 Å². The molecule has 0 radical (unpaired) electrons. The molecule has 1 aliphatic carbocycles. The molecule has 0 unspecified atom stereocenters.